The first-order valence-corrected chi connectivity index (χ1v) is 7.97. The monoisotopic (exact) mass is 351 g/mol. The van der Waals surface area contributed by atoms with E-state index in [0.717, 1.165) is 11.4 Å². The Labute approximate surface area is 150 Å². The van der Waals surface area contributed by atoms with E-state index in [0.29, 0.717) is 5.82 Å². The van der Waals surface area contributed by atoms with Gasteiger partial charge in [-0.05, 0) is 48.5 Å². The molecule has 2 aromatic carbocycles. The quantitative estimate of drug-likeness (QED) is 0.734. The predicted molar refractivity (Wildman–Crippen MR) is 100 cm³/mol. The highest BCUT2D eigenvalue weighted by Gasteiger charge is 2.11. The number of hydrogen-bond donors (Lipinski definition) is 2. The Morgan fingerprint density at radius 3 is 2.31 bits per heavy atom. The van der Waals surface area contributed by atoms with Gasteiger partial charge in [-0.15, -0.1) is 10.2 Å². The predicted octanol–water partition coefficient (Wildman–Crippen LogP) is 3.68. The molecular formula is C19H18FN5O. The molecule has 0 aliphatic rings. The SMILES string of the molecule is CN(C)c1ccc(Nc2ccc(C(=O)Nc3ccccc3F)nn2)cc1. The highest BCUT2D eigenvalue weighted by Crippen LogP contribution is 2.19. The lowest BCUT2D eigenvalue weighted by atomic mass is 10.2. The maximum Gasteiger partial charge on any atom is 0.276 e. The second-order valence-electron chi connectivity index (χ2n) is 5.80. The summed E-state index contributed by atoms with van der Waals surface area (Å²) in [4.78, 5) is 14.1. The molecule has 0 bridgehead atoms. The smallest absolute Gasteiger partial charge is 0.276 e. The van der Waals surface area contributed by atoms with Crippen molar-refractivity contribution >= 4 is 28.8 Å². The van der Waals surface area contributed by atoms with Gasteiger partial charge in [-0.2, -0.15) is 0 Å². The summed E-state index contributed by atoms with van der Waals surface area (Å²) in [5.74, 6) is -0.525. The summed E-state index contributed by atoms with van der Waals surface area (Å²) in [6.07, 6.45) is 0. The maximum atomic E-state index is 13.6. The van der Waals surface area contributed by atoms with E-state index in [1.165, 1.54) is 18.2 Å². The second kappa shape index (κ2) is 7.60. The van der Waals surface area contributed by atoms with E-state index in [1.807, 2.05) is 43.3 Å². The molecule has 0 unspecified atom stereocenters. The fraction of sp³-hybridized carbons (Fsp3) is 0.105. The number of carbonyl (C=O) groups excluding carboxylic acids is 1. The average molecular weight is 351 g/mol. The first kappa shape index (κ1) is 17.3. The van der Waals surface area contributed by atoms with Crippen molar-refractivity contribution in [3.05, 3.63) is 72.2 Å². The van der Waals surface area contributed by atoms with Gasteiger partial charge < -0.3 is 15.5 Å². The molecule has 0 aliphatic carbocycles. The number of para-hydroxylation sites is 1. The van der Waals surface area contributed by atoms with Crippen molar-refractivity contribution in [2.75, 3.05) is 29.6 Å². The number of rotatable bonds is 5. The zero-order valence-corrected chi connectivity index (χ0v) is 14.4. The molecule has 3 rings (SSSR count). The topological polar surface area (TPSA) is 70.2 Å². The lowest BCUT2D eigenvalue weighted by Gasteiger charge is -2.13. The lowest BCUT2D eigenvalue weighted by molar-refractivity contribution is 0.102. The van der Waals surface area contributed by atoms with Crippen LogP contribution in [0.1, 0.15) is 10.5 Å². The number of hydrogen-bond acceptors (Lipinski definition) is 5. The largest absolute Gasteiger partial charge is 0.378 e. The van der Waals surface area contributed by atoms with Gasteiger partial charge in [0.25, 0.3) is 5.91 Å². The number of nitrogens with zero attached hydrogens (tertiary/aromatic N) is 3. The molecule has 0 saturated carbocycles. The summed E-state index contributed by atoms with van der Waals surface area (Å²) in [6, 6.07) is 16.9. The van der Waals surface area contributed by atoms with E-state index >= 15 is 0 Å². The fourth-order valence-electron chi connectivity index (χ4n) is 2.26. The third kappa shape index (κ3) is 4.13. The molecule has 7 heteroatoms. The Morgan fingerprint density at radius 2 is 1.69 bits per heavy atom. The summed E-state index contributed by atoms with van der Waals surface area (Å²) < 4.78 is 13.6. The minimum Gasteiger partial charge on any atom is -0.378 e. The maximum absolute atomic E-state index is 13.6. The van der Waals surface area contributed by atoms with Crippen LogP contribution >= 0.6 is 0 Å². The van der Waals surface area contributed by atoms with Crippen molar-refractivity contribution in [3.8, 4) is 0 Å². The van der Waals surface area contributed by atoms with E-state index < -0.39 is 11.7 Å². The van der Waals surface area contributed by atoms with Gasteiger partial charge in [-0.25, -0.2) is 4.39 Å². The van der Waals surface area contributed by atoms with Crippen molar-refractivity contribution in [2.45, 2.75) is 0 Å². The van der Waals surface area contributed by atoms with Crippen LogP contribution in [0.15, 0.2) is 60.7 Å². The van der Waals surface area contributed by atoms with Gasteiger partial charge in [0.2, 0.25) is 0 Å². The fourth-order valence-corrected chi connectivity index (χ4v) is 2.26. The number of aromatic nitrogens is 2. The van der Waals surface area contributed by atoms with Crippen LogP contribution in [0.4, 0.5) is 27.3 Å². The average Bonchev–Trinajstić information content (AvgIpc) is 2.64. The zero-order chi connectivity index (χ0) is 18.5. The summed E-state index contributed by atoms with van der Waals surface area (Å²) >= 11 is 0. The molecule has 0 radical (unpaired) electrons. The van der Waals surface area contributed by atoms with Crippen molar-refractivity contribution in [3.63, 3.8) is 0 Å². The minimum absolute atomic E-state index is 0.0989. The van der Waals surface area contributed by atoms with Gasteiger partial charge in [0.1, 0.15) is 5.82 Å². The van der Waals surface area contributed by atoms with Crippen LogP contribution in [0.25, 0.3) is 0 Å². The Kier molecular flexibility index (Phi) is 5.07. The third-order valence-corrected chi connectivity index (χ3v) is 3.68. The van der Waals surface area contributed by atoms with Crippen molar-refractivity contribution in [1.82, 2.24) is 10.2 Å². The van der Waals surface area contributed by atoms with Crippen LogP contribution in [-0.2, 0) is 0 Å². The van der Waals surface area contributed by atoms with Gasteiger partial charge in [-0.1, -0.05) is 12.1 Å². The molecule has 132 valence electrons. The van der Waals surface area contributed by atoms with Crippen LogP contribution in [0, 0.1) is 5.82 Å². The van der Waals surface area contributed by atoms with E-state index in [9.17, 15) is 9.18 Å². The van der Waals surface area contributed by atoms with Crippen molar-refractivity contribution in [1.29, 1.82) is 0 Å². The number of benzene rings is 2. The van der Waals surface area contributed by atoms with Crippen LogP contribution in [0.5, 0.6) is 0 Å². The summed E-state index contributed by atoms with van der Waals surface area (Å²) in [5, 5.41) is 13.5. The molecule has 0 fully saturated rings. The highest BCUT2D eigenvalue weighted by molar-refractivity contribution is 6.02. The van der Waals surface area contributed by atoms with Gasteiger partial charge in [0.05, 0.1) is 5.69 Å². The van der Waals surface area contributed by atoms with Gasteiger partial charge in [0, 0.05) is 25.5 Å². The van der Waals surface area contributed by atoms with E-state index in [2.05, 4.69) is 20.8 Å². The van der Waals surface area contributed by atoms with Crippen LogP contribution in [0.2, 0.25) is 0 Å². The normalized spacial score (nSPS) is 10.3. The van der Waals surface area contributed by atoms with E-state index in [4.69, 9.17) is 0 Å². The van der Waals surface area contributed by atoms with Gasteiger partial charge in [0.15, 0.2) is 11.5 Å². The molecule has 6 nitrogen and oxygen atoms in total. The summed E-state index contributed by atoms with van der Waals surface area (Å²) in [7, 11) is 3.94. The van der Waals surface area contributed by atoms with Crippen LogP contribution in [-0.4, -0.2) is 30.2 Å². The standard InChI is InChI=1S/C19H18FN5O/c1-25(2)14-9-7-13(8-10-14)21-18-12-11-17(23-24-18)19(26)22-16-6-4-3-5-15(16)20/h3-12H,1-2H3,(H,21,24)(H,22,26). The third-order valence-electron chi connectivity index (χ3n) is 3.68. The molecule has 3 aromatic rings. The number of carbonyl (C=O) groups is 1. The Balaban J connectivity index is 1.66. The second-order valence-corrected chi connectivity index (χ2v) is 5.80. The van der Waals surface area contributed by atoms with E-state index in [1.54, 1.807) is 18.2 Å². The zero-order valence-electron chi connectivity index (χ0n) is 14.4. The Bertz CT molecular complexity index is 895. The first-order valence-electron chi connectivity index (χ1n) is 7.97. The number of amides is 1. The van der Waals surface area contributed by atoms with Crippen LogP contribution in [0.3, 0.4) is 0 Å². The molecule has 0 atom stereocenters. The summed E-state index contributed by atoms with van der Waals surface area (Å²) in [5.41, 5.74) is 2.14. The molecule has 0 aliphatic heterocycles. The van der Waals surface area contributed by atoms with Gasteiger partial charge in [-0.3, -0.25) is 4.79 Å². The van der Waals surface area contributed by atoms with E-state index in [-0.39, 0.29) is 11.4 Å². The van der Waals surface area contributed by atoms with Gasteiger partial charge >= 0.3 is 0 Å². The Hall–Kier alpha value is -3.48. The lowest BCUT2D eigenvalue weighted by Crippen LogP contribution is -2.15. The number of anilines is 4. The highest BCUT2D eigenvalue weighted by atomic mass is 19.1. The molecule has 1 aromatic heterocycles. The first-order chi connectivity index (χ1) is 12.5. The number of nitrogens with one attached hydrogen (secondary N) is 2. The Morgan fingerprint density at radius 1 is 0.962 bits per heavy atom. The van der Waals surface area contributed by atoms with Crippen molar-refractivity contribution < 1.29 is 9.18 Å². The van der Waals surface area contributed by atoms with Crippen LogP contribution < -0.4 is 15.5 Å². The molecule has 2 N–H and O–H groups in total. The molecule has 1 amide bonds. The number of halogens is 1. The minimum atomic E-state index is -0.524. The summed E-state index contributed by atoms with van der Waals surface area (Å²) in [6.45, 7) is 0. The molecular weight excluding hydrogens is 333 g/mol. The molecule has 26 heavy (non-hydrogen) atoms. The molecule has 0 spiro atoms. The van der Waals surface area contributed by atoms with Crippen molar-refractivity contribution in [2.24, 2.45) is 0 Å². The molecule has 1 heterocycles. The molecule has 0 saturated heterocycles.